The van der Waals surface area contributed by atoms with Crippen LogP contribution in [0.5, 0.6) is 0 Å². The molecular weight excluding hydrogens is 374 g/mol. The molecule has 5 nitrogen and oxygen atoms in total. The van der Waals surface area contributed by atoms with Crippen LogP contribution >= 0.6 is 15.9 Å². The number of carboxylic acids is 1. The van der Waals surface area contributed by atoms with E-state index >= 15 is 0 Å². The Hall–Kier alpha value is -2.47. The highest BCUT2D eigenvalue weighted by atomic mass is 79.9. The topological polar surface area (TPSA) is 77.5 Å². The number of carbonyl (C=O) groups is 3. The van der Waals surface area contributed by atoms with Gasteiger partial charge in [0.1, 0.15) is 0 Å². The number of halogens is 1. The summed E-state index contributed by atoms with van der Waals surface area (Å²) in [6.45, 7) is 0. The third-order valence-corrected chi connectivity index (χ3v) is 4.59. The highest BCUT2D eigenvalue weighted by Gasteiger charge is 2.48. The Morgan fingerprint density at radius 3 is 2.25 bits per heavy atom. The van der Waals surface area contributed by atoms with E-state index < -0.39 is 36.0 Å². The maximum absolute atomic E-state index is 12.5. The Balaban J connectivity index is 2.11. The van der Waals surface area contributed by atoms with Crippen molar-refractivity contribution in [3.63, 3.8) is 0 Å². The summed E-state index contributed by atoms with van der Waals surface area (Å²) in [6, 6.07) is 15.2. The van der Waals surface area contributed by atoms with Gasteiger partial charge < -0.3 is 9.90 Å². The largest absolute Gasteiger partial charge is 0.550 e. The van der Waals surface area contributed by atoms with E-state index in [4.69, 9.17) is 0 Å². The number of rotatable bonds is 4. The second kappa shape index (κ2) is 6.57. The highest BCUT2D eigenvalue weighted by molar-refractivity contribution is 9.10. The van der Waals surface area contributed by atoms with Crippen LogP contribution in [-0.4, -0.2) is 17.7 Å². The summed E-state index contributed by atoms with van der Waals surface area (Å²) in [5, 5.41) is 11.1. The fourth-order valence-electron chi connectivity index (χ4n) is 3.02. The molecule has 0 unspecified atom stereocenters. The molecule has 2 atom stereocenters. The molecule has 0 spiro atoms. The Kier molecular flexibility index (Phi) is 4.49. The molecule has 1 amide bonds. The highest BCUT2D eigenvalue weighted by Crippen LogP contribution is 2.41. The van der Waals surface area contributed by atoms with Crippen molar-refractivity contribution >= 4 is 39.3 Å². The molecule has 0 N–H and O–H groups in total. The van der Waals surface area contributed by atoms with Crippen LogP contribution in [0.3, 0.4) is 0 Å². The van der Waals surface area contributed by atoms with E-state index in [2.05, 4.69) is 15.9 Å². The Morgan fingerprint density at radius 1 is 1.04 bits per heavy atom. The van der Waals surface area contributed by atoms with E-state index in [1.165, 1.54) is 4.90 Å². The van der Waals surface area contributed by atoms with Gasteiger partial charge in [0.25, 0.3) is 5.91 Å². The van der Waals surface area contributed by atoms with E-state index in [-0.39, 0.29) is 0 Å². The van der Waals surface area contributed by atoms with Gasteiger partial charge in [-0.15, -0.1) is 0 Å². The average Bonchev–Trinajstić information content (AvgIpc) is 2.81. The fraction of sp³-hybridized carbons (Fsp3) is 0.167. The second-order valence-corrected chi connectivity index (χ2v) is 6.47. The van der Waals surface area contributed by atoms with E-state index in [0.717, 1.165) is 4.47 Å². The van der Waals surface area contributed by atoms with E-state index in [1.54, 1.807) is 54.6 Å². The molecular formula is C18H13BrNO4-. The van der Waals surface area contributed by atoms with Crippen molar-refractivity contribution in [3.8, 4) is 0 Å². The first-order valence-corrected chi connectivity index (χ1v) is 8.16. The summed E-state index contributed by atoms with van der Waals surface area (Å²) < 4.78 is 0.851. The number of amides is 1. The van der Waals surface area contributed by atoms with Crippen molar-refractivity contribution in [2.75, 3.05) is 4.90 Å². The number of aliphatic carboxylic acids is 1. The van der Waals surface area contributed by atoms with Crippen LogP contribution in [0.1, 0.15) is 18.0 Å². The van der Waals surface area contributed by atoms with Crippen molar-refractivity contribution in [2.45, 2.75) is 12.5 Å². The number of hydrogen-bond donors (Lipinski definition) is 0. The number of para-hydroxylation sites is 1. The van der Waals surface area contributed by atoms with Gasteiger partial charge in [0, 0.05) is 16.1 Å². The van der Waals surface area contributed by atoms with Crippen molar-refractivity contribution in [2.24, 2.45) is 5.92 Å². The number of ketones is 1. The zero-order valence-electron chi connectivity index (χ0n) is 12.5. The Bertz CT molecular complexity index is 788. The minimum absolute atomic E-state index is 0.491. The normalized spacial score (nSPS) is 20.5. The molecule has 1 aliphatic rings. The Labute approximate surface area is 147 Å². The summed E-state index contributed by atoms with van der Waals surface area (Å²) in [7, 11) is 0. The van der Waals surface area contributed by atoms with Crippen LogP contribution in [-0.2, 0) is 14.4 Å². The molecule has 6 heteroatoms. The number of nitrogens with zero attached hydrogens (tertiary/aromatic N) is 1. The fourth-order valence-corrected chi connectivity index (χ4v) is 3.28. The number of Topliss-reactive ketones (excluding diaryl/α,β-unsaturated/α-hetero) is 1. The molecule has 2 aromatic rings. The third kappa shape index (κ3) is 2.97. The van der Waals surface area contributed by atoms with Crippen molar-refractivity contribution < 1.29 is 19.5 Å². The summed E-state index contributed by atoms with van der Waals surface area (Å²) in [5.74, 6) is -3.71. The van der Waals surface area contributed by atoms with E-state index in [0.29, 0.717) is 11.3 Å². The van der Waals surface area contributed by atoms with Gasteiger partial charge in [0.15, 0.2) is 0 Å². The summed E-state index contributed by atoms with van der Waals surface area (Å²) >= 11 is 3.34. The SMILES string of the molecule is O=C([O-])C[C@@H]1C(=O)C(=O)N(c2ccccc2)[C@H]1c1ccc(Br)cc1. The molecule has 0 aromatic heterocycles. The van der Waals surface area contributed by atoms with Crippen molar-refractivity contribution in [1.82, 2.24) is 0 Å². The van der Waals surface area contributed by atoms with Crippen LogP contribution in [0.4, 0.5) is 5.69 Å². The van der Waals surface area contributed by atoms with Gasteiger partial charge in [0.05, 0.1) is 12.0 Å². The molecule has 0 radical (unpaired) electrons. The number of benzene rings is 2. The lowest BCUT2D eigenvalue weighted by Crippen LogP contribution is -2.31. The molecule has 24 heavy (non-hydrogen) atoms. The van der Waals surface area contributed by atoms with Crippen molar-refractivity contribution in [1.29, 1.82) is 0 Å². The van der Waals surface area contributed by atoms with Crippen LogP contribution < -0.4 is 10.0 Å². The smallest absolute Gasteiger partial charge is 0.295 e. The molecule has 0 bridgehead atoms. The van der Waals surface area contributed by atoms with Crippen LogP contribution in [0.25, 0.3) is 0 Å². The molecule has 2 aromatic carbocycles. The molecule has 122 valence electrons. The average molecular weight is 387 g/mol. The number of hydrogen-bond acceptors (Lipinski definition) is 4. The van der Waals surface area contributed by atoms with Gasteiger partial charge in [0.2, 0.25) is 5.78 Å². The zero-order chi connectivity index (χ0) is 17.3. The number of carbonyl (C=O) groups excluding carboxylic acids is 3. The minimum atomic E-state index is -1.35. The summed E-state index contributed by atoms with van der Waals surface area (Å²) in [5.41, 5.74) is 1.26. The van der Waals surface area contributed by atoms with Gasteiger partial charge >= 0.3 is 0 Å². The molecule has 1 heterocycles. The van der Waals surface area contributed by atoms with E-state index in [9.17, 15) is 19.5 Å². The van der Waals surface area contributed by atoms with Gasteiger partial charge in [-0.05, 0) is 36.2 Å². The second-order valence-electron chi connectivity index (χ2n) is 5.55. The Morgan fingerprint density at radius 2 is 1.67 bits per heavy atom. The van der Waals surface area contributed by atoms with Crippen molar-refractivity contribution in [3.05, 3.63) is 64.6 Å². The minimum Gasteiger partial charge on any atom is -0.550 e. The van der Waals surface area contributed by atoms with Gasteiger partial charge in [-0.2, -0.15) is 0 Å². The van der Waals surface area contributed by atoms with E-state index in [1.807, 2.05) is 0 Å². The lowest BCUT2D eigenvalue weighted by Gasteiger charge is -2.28. The van der Waals surface area contributed by atoms with Crippen LogP contribution in [0, 0.1) is 5.92 Å². The predicted molar refractivity (Wildman–Crippen MR) is 88.9 cm³/mol. The molecule has 1 aliphatic heterocycles. The molecule has 3 rings (SSSR count). The number of anilines is 1. The lowest BCUT2D eigenvalue weighted by molar-refractivity contribution is -0.306. The van der Waals surface area contributed by atoms with Crippen LogP contribution in [0.2, 0.25) is 0 Å². The molecule has 1 saturated heterocycles. The monoisotopic (exact) mass is 386 g/mol. The van der Waals surface area contributed by atoms with Gasteiger partial charge in [-0.3, -0.25) is 14.5 Å². The molecule has 1 fully saturated rings. The van der Waals surface area contributed by atoms with Crippen LogP contribution in [0.15, 0.2) is 59.1 Å². The molecule has 0 saturated carbocycles. The summed E-state index contributed by atoms with van der Waals surface area (Å²) in [4.78, 5) is 37.3. The zero-order valence-corrected chi connectivity index (χ0v) is 14.1. The third-order valence-electron chi connectivity index (χ3n) is 4.06. The maximum Gasteiger partial charge on any atom is 0.295 e. The summed E-state index contributed by atoms with van der Waals surface area (Å²) in [6.07, 6.45) is -0.491. The molecule has 0 aliphatic carbocycles. The predicted octanol–water partition coefficient (Wildman–Crippen LogP) is 1.86. The first kappa shape index (κ1) is 16.4. The number of carboxylic acid groups (broad SMARTS) is 1. The first-order chi connectivity index (χ1) is 11.5. The lowest BCUT2D eigenvalue weighted by atomic mass is 9.90. The quantitative estimate of drug-likeness (QED) is 0.751. The standard InChI is InChI=1S/C18H14BrNO4/c19-12-8-6-11(7-9-12)16-14(10-15(21)22)17(23)18(24)20(16)13-4-2-1-3-5-13/h1-9,14,16H,10H2,(H,21,22)/p-1/t14-,16-/m0/s1. The maximum atomic E-state index is 12.5. The van der Waals surface area contributed by atoms with Gasteiger partial charge in [-0.1, -0.05) is 46.3 Å². The van der Waals surface area contributed by atoms with Gasteiger partial charge in [-0.25, -0.2) is 0 Å². The first-order valence-electron chi connectivity index (χ1n) is 7.37.